The first-order valence-electron chi connectivity index (χ1n) is 7.37. The lowest BCUT2D eigenvalue weighted by Gasteiger charge is -2.25. The van der Waals surface area contributed by atoms with Gasteiger partial charge in [0.15, 0.2) is 0 Å². The molecule has 1 atom stereocenters. The van der Waals surface area contributed by atoms with E-state index in [9.17, 15) is 4.79 Å². The van der Waals surface area contributed by atoms with Gasteiger partial charge in [-0.1, -0.05) is 59.6 Å². The van der Waals surface area contributed by atoms with E-state index in [2.05, 4.69) is 0 Å². The third-order valence-corrected chi connectivity index (χ3v) is 4.08. The fourth-order valence-electron chi connectivity index (χ4n) is 2.29. The van der Waals surface area contributed by atoms with Crippen LogP contribution in [0.5, 0.6) is 0 Å². The van der Waals surface area contributed by atoms with Crippen molar-refractivity contribution in [2.45, 2.75) is 26.4 Å². The Labute approximate surface area is 148 Å². The smallest absolute Gasteiger partial charge is 0.244 e. The van der Waals surface area contributed by atoms with Crippen LogP contribution >= 0.6 is 24.0 Å². The summed E-state index contributed by atoms with van der Waals surface area (Å²) in [7, 11) is 0. The van der Waals surface area contributed by atoms with Crippen LogP contribution in [0.3, 0.4) is 0 Å². The molecule has 23 heavy (non-hydrogen) atoms. The Balaban J connectivity index is 0.00000264. The molecule has 0 aliphatic heterocycles. The van der Waals surface area contributed by atoms with Gasteiger partial charge in [0.2, 0.25) is 5.91 Å². The second kappa shape index (κ2) is 8.92. The Bertz CT molecular complexity index is 644. The highest BCUT2D eigenvalue weighted by atomic mass is 35.5. The van der Waals surface area contributed by atoms with Crippen LogP contribution in [0.15, 0.2) is 48.5 Å². The number of nitrogens with two attached hydrogens (primary N) is 1. The van der Waals surface area contributed by atoms with Crippen molar-refractivity contribution in [1.29, 1.82) is 0 Å². The summed E-state index contributed by atoms with van der Waals surface area (Å²) in [5, 5.41) is 0.664. The second-order valence-electron chi connectivity index (χ2n) is 5.33. The van der Waals surface area contributed by atoms with Gasteiger partial charge in [-0.15, -0.1) is 12.4 Å². The lowest BCUT2D eigenvalue weighted by Crippen LogP contribution is -2.38. The Hall–Kier alpha value is -1.55. The molecule has 0 bridgehead atoms. The molecule has 0 radical (unpaired) electrons. The van der Waals surface area contributed by atoms with Crippen molar-refractivity contribution < 1.29 is 4.79 Å². The summed E-state index contributed by atoms with van der Waals surface area (Å²) in [6.07, 6.45) is 0. The molecule has 124 valence electrons. The maximum atomic E-state index is 12.6. The first kappa shape index (κ1) is 19.5. The molecule has 0 fully saturated rings. The number of benzene rings is 2. The van der Waals surface area contributed by atoms with E-state index in [1.807, 2.05) is 62.4 Å². The van der Waals surface area contributed by atoms with Gasteiger partial charge in [-0.2, -0.15) is 0 Å². The van der Waals surface area contributed by atoms with Crippen LogP contribution in [0.2, 0.25) is 5.02 Å². The molecule has 0 aliphatic carbocycles. The van der Waals surface area contributed by atoms with E-state index in [1.165, 1.54) is 0 Å². The Kier molecular flexibility index (Phi) is 7.56. The van der Waals surface area contributed by atoms with Gasteiger partial charge < -0.3 is 10.6 Å². The summed E-state index contributed by atoms with van der Waals surface area (Å²) in [4.78, 5) is 14.4. The quantitative estimate of drug-likeness (QED) is 0.879. The average Bonchev–Trinajstić information content (AvgIpc) is 2.53. The highest BCUT2D eigenvalue weighted by Crippen LogP contribution is 2.20. The lowest BCUT2D eigenvalue weighted by molar-refractivity contribution is -0.133. The molecule has 5 heteroatoms. The van der Waals surface area contributed by atoms with Crippen LogP contribution in [0.4, 0.5) is 0 Å². The van der Waals surface area contributed by atoms with E-state index in [-0.39, 0.29) is 18.3 Å². The molecule has 3 nitrogen and oxygen atoms in total. The highest BCUT2D eigenvalue weighted by molar-refractivity contribution is 6.31. The third kappa shape index (κ3) is 4.96. The summed E-state index contributed by atoms with van der Waals surface area (Å²) in [5.41, 5.74) is 9.03. The maximum Gasteiger partial charge on any atom is 0.244 e. The summed E-state index contributed by atoms with van der Waals surface area (Å²) in [6.45, 7) is 5.00. The highest BCUT2D eigenvalue weighted by Gasteiger charge is 2.22. The zero-order valence-electron chi connectivity index (χ0n) is 13.3. The number of hydrogen-bond donors (Lipinski definition) is 1. The molecule has 2 N–H and O–H groups in total. The minimum atomic E-state index is -0.650. The molecule has 0 saturated carbocycles. The van der Waals surface area contributed by atoms with Crippen LogP contribution in [0.1, 0.15) is 29.7 Å². The number of carbonyl (C=O) groups excluding carboxylic acids is 1. The Morgan fingerprint density at radius 2 is 1.78 bits per heavy atom. The number of aryl methyl sites for hydroxylation is 1. The lowest BCUT2D eigenvalue weighted by atomic mass is 10.0. The zero-order chi connectivity index (χ0) is 16.1. The number of carbonyl (C=O) groups is 1. The number of rotatable bonds is 5. The number of halogens is 2. The van der Waals surface area contributed by atoms with Gasteiger partial charge in [-0.3, -0.25) is 4.79 Å². The van der Waals surface area contributed by atoms with Crippen molar-refractivity contribution >= 4 is 29.9 Å². The van der Waals surface area contributed by atoms with E-state index in [1.54, 1.807) is 4.90 Å². The molecule has 0 aliphatic rings. The van der Waals surface area contributed by atoms with Crippen LogP contribution < -0.4 is 5.73 Å². The summed E-state index contributed by atoms with van der Waals surface area (Å²) in [5.74, 6) is -0.0914. The van der Waals surface area contributed by atoms with Crippen LogP contribution in [0, 0.1) is 6.92 Å². The van der Waals surface area contributed by atoms with Gasteiger partial charge in [0.05, 0.1) is 0 Å². The van der Waals surface area contributed by atoms with E-state index >= 15 is 0 Å². The molecular formula is C18H22Cl2N2O. The van der Waals surface area contributed by atoms with E-state index < -0.39 is 6.04 Å². The molecule has 2 aromatic rings. The average molecular weight is 353 g/mol. The predicted molar refractivity (Wildman–Crippen MR) is 97.9 cm³/mol. The minimum Gasteiger partial charge on any atom is -0.337 e. The van der Waals surface area contributed by atoms with Crippen molar-refractivity contribution in [1.82, 2.24) is 4.90 Å². The van der Waals surface area contributed by atoms with Crippen molar-refractivity contribution in [2.75, 3.05) is 6.54 Å². The summed E-state index contributed by atoms with van der Waals surface area (Å²) >= 11 is 6.17. The molecule has 0 saturated heterocycles. The van der Waals surface area contributed by atoms with Crippen LogP contribution in [0.25, 0.3) is 0 Å². The van der Waals surface area contributed by atoms with Gasteiger partial charge in [0, 0.05) is 18.1 Å². The number of nitrogens with zero attached hydrogens (tertiary/aromatic N) is 1. The van der Waals surface area contributed by atoms with Crippen LogP contribution in [-0.4, -0.2) is 17.4 Å². The largest absolute Gasteiger partial charge is 0.337 e. The van der Waals surface area contributed by atoms with E-state index in [4.69, 9.17) is 17.3 Å². The molecule has 1 unspecified atom stereocenters. The minimum absolute atomic E-state index is 0. The number of likely N-dealkylation sites (N-methyl/N-ethyl adjacent to an activating group) is 1. The Morgan fingerprint density at radius 1 is 1.17 bits per heavy atom. The zero-order valence-corrected chi connectivity index (χ0v) is 14.9. The summed E-state index contributed by atoms with van der Waals surface area (Å²) < 4.78 is 0. The van der Waals surface area contributed by atoms with Gasteiger partial charge in [0.1, 0.15) is 6.04 Å². The first-order valence-corrected chi connectivity index (χ1v) is 7.75. The molecule has 2 rings (SSSR count). The number of hydrogen-bond acceptors (Lipinski definition) is 2. The molecule has 0 heterocycles. The number of amides is 1. The van der Waals surface area contributed by atoms with Crippen molar-refractivity contribution in [3.8, 4) is 0 Å². The van der Waals surface area contributed by atoms with E-state index in [0.29, 0.717) is 18.1 Å². The Morgan fingerprint density at radius 3 is 2.35 bits per heavy atom. The standard InChI is InChI=1S/C18H21ClN2O.ClH/c1-3-21(12-15-6-4-5-7-16(15)19)18(22)17(20)14-10-8-13(2)9-11-14;/h4-11,17H,3,12,20H2,1-2H3;1H. The van der Waals surface area contributed by atoms with Crippen molar-refractivity contribution in [3.63, 3.8) is 0 Å². The first-order chi connectivity index (χ1) is 10.5. The fourth-order valence-corrected chi connectivity index (χ4v) is 2.49. The predicted octanol–water partition coefficient (Wildman–Crippen LogP) is 4.12. The molecule has 1 amide bonds. The SMILES string of the molecule is CCN(Cc1ccccc1Cl)C(=O)C(N)c1ccc(C)cc1.Cl. The molecule has 0 spiro atoms. The molecule has 0 aromatic heterocycles. The van der Waals surface area contributed by atoms with Gasteiger partial charge in [-0.25, -0.2) is 0 Å². The van der Waals surface area contributed by atoms with Gasteiger partial charge in [-0.05, 0) is 31.0 Å². The topological polar surface area (TPSA) is 46.3 Å². The molecule has 2 aromatic carbocycles. The molecular weight excluding hydrogens is 331 g/mol. The fraction of sp³-hybridized carbons (Fsp3) is 0.278. The van der Waals surface area contributed by atoms with Gasteiger partial charge in [0.25, 0.3) is 0 Å². The van der Waals surface area contributed by atoms with Crippen molar-refractivity contribution in [2.24, 2.45) is 5.73 Å². The van der Waals surface area contributed by atoms with Gasteiger partial charge >= 0.3 is 0 Å². The van der Waals surface area contributed by atoms with Crippen molar-refractivity contribution in [3.05, 3.63) is 70.2 Å². The third-order valence-electron chi connectivity index (χ3n) is 3.71. The monoisotopic (exact) mass is 352 g/mol. The van der Waals surface area contributed by atoms with E-state index in [0.717, 1.165) is 16.7 Å². The maximum absolute atomic E-state index is 12.6. The summed E-state index contributed by atoms with van der Waals surface area (Å²) in [6, 6.07) is 14.6. The normalized spacial score (nSPS) is 11.5. The second-order valence-corrected chi connectivity index (χ2v) is 5.74. The van der Waals surface area contributed by atoms with Crippen LogP contribution in [-0.2, 0) is 11.3 Å².